The third-order valence-electron chi connectivity index (χ3n) is 3.81. The Hall–Kier alpha value is -0.970. The summed E-state index contributed by atoms with van der Waals surface area (Å²) in [5.74, 6) is -0.194. The molecule has 1 aliphatic rings. The first-order valence-electron chi connectivity index (χ1n) is 7.02. The van der Waals surface area contributed by atoms with Crippen molar-refractivity contribution in [2.75, 3.05) is 26.2 Å². The van der Waals surface area contributed by atoms with Crippen LogP contribution in [0.15, 0.2) is 24.3 Å². The zero-order valence-corrected chi connectivity index (χ0v) is 11.5. The number of likely N-dealkylation sites (N-methyl/N-ethyl adjacent to an activating group) is 1. The van der Waals surface area contributed by atoms with E-state index in [0.29, 0.717) is 25.2 Å². The van der Waals surface area contributed by atoms with Crippen LogP contribution in [-0.2, 0) is 6.54 Å². The number of benzene rings is 1. The Kier molecular flexibility index (Phi) is 4.91. The van der Waals surface area contributed by atoms with Crippen molar-refractivity contribution in [2.24, 2.45) is 0 Å². The van der Waals surface area contributed by atoms with Crippen LogP contribution in [0.25, 0.3) is 0 Å². The molecular formula is C15H23FN2O. The van der Waals surface area contributed by atoms with E-state index >= 15 is 0 Å². The van der Waals surface area contributed by atoms with Gasteiger partial charge in [0.05, 0.1) is 5.60 Å². The molecule has 0 bridgehead atoms. The van der Waals surface area contributed by atoms with E-state index in [2.05, 4.69) is 17.1 Å². The van der Waals surface area contributed by atoms with Crippen molar-refractivity contribution < 1.29 is 9.50 Å². The molecule has 1 aliphatic heterocycles. The van der Waals surface area contributed by atoms with Gasteiger partial charge in [-0.3, -0.25) is 0 Å². The van der Waals surface area contributed by atoms with Gasteiger partial charge in [0, 0.05) is 25.2 Å². The second-order valence-electron chi connectivity index (χ2n) is 5.39. The second kappa shape index (κ2) is 6.46. The molecule has 2 N–H and O–H groups in total. The molecular weight excluding hydrogens is 243 g/mol. The van der Waals surface area contributed by atoms with Crippen molar-refractivity contribution in [1.82, 2.24) is 10.2 Å². The molecule has 1 atom stereocenters. The van der Waals surface area contributed by atoms with Crippen molar-refractivity contribution >= 4 is 0 Å². The second-order valence-corrected chi connectivity index (χ2v) is 5.39. The summed E-state index contributed by atoms with van der Waals surface area (Å²) in [4.78, 5) is 2.26. The summed E-state index contributed by atoms with van der Waals surface area (Å²) in [5.41, 5.74) is -0.0336. The van der Waals surface area contributed by atoms with Gasteiger partial charge in [0.25, 0.3) is 0 Å². The molecule has 0 aliphatic carbocycles. The molecule has 0 radical (unpaired) electrons. The van der Waals surface area contributed by atoms with Crippen LogP contribution >= 0.6 is 0 Å². The van der Waals surface area contributed by atoms with Crippen molar-refractivity contribution in [3.63, 3.8) is 0 Å². The molecule has 106 valence electrons. The van der Waals surface area contributed by atoms with Gasteiger partial charge < -0.3 is 15.3 Å². The maximum Gasteiger partial charge on any atom is 0.127 e. The fraction of sp³-hybridized carbons (Fsp3) is 0.600. The first-order chi connectivity index (χ1) is 9.13. The van der Waals surface area contributed by atoms with E-state index in [4.69, 9.17) is 0 Å². The zero-order chi connectivity index (χ0) is 13.7. The van der Waals surface area contributed by atoms with Crippen LogP contribution in [-0.4, -0.2) is 41.8 Å². The molecule has 1 fully saturated rings. The van der Waals surface area contributed by atoms with E-state index in [1.807, 2.05) is 6.07 Å². The molecule has 0 unspecified atom stereocenters. The first kappa shape index (κ1) is 14.4. The fourth-order valence-corrected chi connectivity index (χ4v) is 2.69. The van der Waals surface area contributed by atoms with E-state index in [1.165, 1.54) is 6.07 Å². The molecule has 1 saturated heterocycles. The Morgan fingerprint density at radius 1 is 1.42 bits per heavy atom. The largest absolute Gasteiger partial charge is 0.387 e. The highest BCUT2D eigenvalue weighted by molar-refractivity contribution is 5.17. The van der Waals surface area contributed by atoms with Gasteiger partial charge >= 0.3 is 0 Å². The number of halogens is 1. The van der Waals surface area contributed by atoms with E-state index in [-0.39, 0.29) is 5.82 Å². The van der Waals surface area contributed by atoms with Crippen LogP contribution in [0, 0.1) is 5.82 Å². The van der Waals surface area contributed by atoms with Gasteiger partial charge in [-0.2, -0.15) is 0 Å². The molecule has 19 heavy (non-hydrogen) atoms. The summed E-state index contributed by atoms with van der Waals surface area (Å²) in [6, 6.07) is 6.75. The Balaban J connectivity index is 1.83. The lowest BCUT2D eigenvalue weighted by Crippen LogP contribution is -2.53. The molecule has 0 amide bonds. The van der Waals surface area contributed by atoms with Crippen LogP contribution in [0.3, 0.4) is 0 Å². The van der Waals surface area contributed by atoms with Crippen LogP contribution in [0.2, 0.25) is 0 Å². The average Bonchev–Trinajstić information content (AvgIpc) is 2.41. The minimum atomic E-state index is -0.681. The molecule has 0 aromatic heterocycles. The average molecular weight is 266 g/mol. The summed E-state index contributed by atoms with van der Waals surface area (Å²) in [5, 5.41) is 13.7. The summed E-state index contributed by atoms with van der Waals surface area (Å²) in [6.45, 7) is 5.81. The van der Waals surface area contributed by atoms with E-state index in [1.54, 1.807) is 12.1 Å². The van der Waals surface area contributed by atoms with Gasteiger partial charge in [-0.1, -0.05) is 25.1 Å². The Morgan fingerprint density at radius 3 is 2.95 bits per heavy atom. The predicted molar refractivity (Wildman–Crippen MR) is 74.4 cm³/mol. The molecule has 0 saturated carbocycles. The van der Waals surface area contributed by atoms with Crippen LogP contribution in [0.4, 0.5) is 4.39 Å². The highest BCUT2D eigenvalue weighted by atomic mass is 19.1. The number of hydrogen-bond acceptors (Lipinski definition) is 3. The smallest absolute Gasteiger partial charge is 0.127 e. The maximum absolute atomic E-state index is 13.5. The predicted octanol–water partition coefficient (Wildman–Crippen LogP) is 1.76. The number of β-amino-alcohol motifs (C(OH)–C–C–N with tert-alkyl or cyclic N) is 1. The van der Waals surface area contributed by atoms with Gasteiger partial charge in [0.2, 0.25) is 0 Å². The van der Waals surface area contributed by atoms with E-state index in [9.17, 15) is 9.50 Å². The molecule has 2 rings (SSSR count). The van der Waals surface area contributed by atoms with Crippen molar-refractivity contribution in [1.29, 1.82) is 0 Å². The number of rotatable bonds is 5. The van der Waals surface area contributed by atoms with Crippen LogP contribution < -0.4 is 5.32 Å². The van der Waals surface area contributed by atoms with E-state index in [0.717, 1.165) is 25.9 Å². The quantitative estimate of drug-likeness (QED) is 0.852. The zero-order valence-electron chi connectivity index (χ0n) is 11.5. The SMILES string of the molecule is CCN1CCC[C@](O)(CNCc2ccccc2F)C1. The number of piperidine rings is 1. The third kappa shape index (κ3) is 4.00. The van der Waals surface area contributed by atoms with Gasteiger partial charge in [0.15, 0.2) is 0 Å². The third-order valence-corrected chi connectivity index (χ3v) is 3.81. The van der Waals surface area contributed by atoms with Gasteiger partial charge in [0.1, 0.15) is 5.82 Å². The molecule has 3 nitrogen and oxygen atoms in total. The summed E-state index contributed by atoms with van der Waals surface area (Å²) in [7, 11) is 0. The topological polar surface area (TPSA) is 35.5 Å². The lowest BCUT2D eigenvalue weighted by Gasteiger charge is -2.39. The highest BCUT2D eigenvalue weighted by Crippen LogP contribution is 2.20. The number of likely N-dealkylation sites (tertiary alicyclic amines) is 1. The monoisotopic (exact) mass is 266 g/mol. The minimum Gasteiger partial charge on any atom is -0.387 e. The van der Waals surface area contributed by atoms with Gasteiger partial charge in [-0.25, -0.2) is 4.39 Å². The first-order valence-corrected chi connectivity index (χ1v) is 7.02. The Labute approximate surface area is 114 Å². The number of hydrogen-bond donors (Lipinski definition) is 2. The van der Waals surface area contributed by atoms with E-state index < -0.39 is 5.60 Å². The molecule has 0 spiro atoms. The Bertz CT molecular complexity index is 413. The van der Waals surface area contributed by atoms with Gasteiger partial charge in [-0.15, -0.1) is 0 Å². The fourth-order valence-electron chi connectivity index (χ4n) is 2.69. The lowest BCUT2D eigenvalue weighted by atomic mass is 9.92. The van der Waals surface area contributed by atoms with Crippen LogP contribution in [0.1, 0.15) is 25.3 Å². The van der Waals surface area contributed by atoms with Crippen molar-refractivity contribution in [2.45, 2.75) is 31.9 Å². The normalized spacial score (nSPS) is 24.6. The minimum absolute atomic E-state index is 0.194. The van der Waals surface area contributed by atoms with Gasteiger partial charge in [-0.05, 0) is 32.0 Å². The molecule has 1 heterocycles. The molecule has 1 aromatic rings. The highest BCUT2D eigenvalue weighted by Gasteiger charge is 2.32. The van der Waals surface area contributed by atoms with Crippen LogP contribution in [0.5, 0.6) is 0 Å². The Morgan fingerprint density at radius 2 is 2.21 bits per heavy atom. The van der Waals surface area contributed by atoms with Crippen molar-refractivity contribution in [3.8, 4) is 0 Å². The number of nitrogens with zero attached hydrogens (tertiary/aromatic N) is 1. The van der Waals surface area contributed by atoms with Crippen molar-refractivity contribution in [3.05, 3.63) is 35.6 Å². The number of nitrogens with one attached hydrogen (secondary N) is 1. The summed E-state index contributed by atoms with van der Waals surface area (Å²) < 4.78 is 13.5. The lowest BCUT2D eigenvalue weighted by molar-refractivity contribution is -0.0280. The summed E-state index contributed by atoms with van der Waals surface area (Å²) >= 11 is 0. The summed E-state index contributed by atoms with van der Waals surface area (Å²) in [6.07, 6.45) is 1.83. The number of aliphatic hydroxyl groups is 1. The maximum atomic E-state index is 13.5. The standard InChI is InChI=1S/C15H23FN2O/c1-2-18-9-5-8-15(19,12-18)11-17-10-13-6-3-4-7-14(13)16/h3-4,6-7,17,19H,2,5,8-12H2,1H3/t15-/m0/s1. The molecule has 1 aromatic carbocycles. The molecule has 4 heteroatoms.